The molecule has 28 heavy (non-hydrogen) atoms. The van der Waals surface area contributed by atoms with E-state index in [0.29, 0.717) is 12.1 Å². The lowest BCUT2D eigenvalue weighted by atomic mass is 9.68. The van der Waals surface area contributed by atoms with Crippen LogP contribution in [0.4, 0.5) is 4.39 Å². The summed E-state index contributed by atoms with van der Waals surface area (Å²) in [6.45, 7) is 0.705. The van der Waals surface area contributed by atoms with E-state index in [2.05, 4.69) is 54.3 Å². The number of nitrogens with zero attached hydrogens (tertiary/aromatic N) is 1. The van der Waals surface area contributed by atoms with Gasteiger partial charge < -0.3 is 9.72 Å². The molecule has 0 bridgehead atoms. The van der Waals surface area contributed by atoms with Gasteiger partial charge in [0.05, 0.1) is 17.8 Å². The minimum Gasteiger partial charge on any atom is -0.368 e. The number of aromatic nitrogens is 1. The monoisotopic (exact) mass is 378 g/mol. The molecule has 146 valence electrons. The maximum atomic E-state index is 14.4. The van der Waals surface area contributed by atoms with Gasteiger partial charge >= 0.3 is 0 Å². The average Bonchev–Trinajstić information content (AvgIpc) is 3.11. The molecular formula is C24H27FN2O. The molecule has 5 rings (SSSR count). The smallest absolute Gasteiger partial charge is 0.147 e. The first kappa shape index (κ1) is 17.9. The number of para-hydroxylation sites is 1. The van der Waals surface area contributed by atoms with Gasteiger partial charge in [-0.2, -0.15) is 0 Å². The lowest BCUT2D eigenvalue weighted by Gasteiger charge is -2.50. The molecule has 0 radical (unpaired) electrons. The van der Waals surface area contributed by atoms with Crippen LogP contribution in [0.25, 0.3) is 10.9 Å². The zero-order valence-corrected chi connectivity index (χ0v) is 16.6. The average molecular weight is 378 g/mol. The number of halogens is 1. The number of rotatable bonds is 2. The summed E-state index contributed by atoms with van der Waals surface area (Å²) < 4.78 is 20.8. The van der Waals surface area contributed by atoms with E-state index in [-0.39, 0.29) is 17.0 Å². The van der Waals surface area contributed by atoms with E-state index in [9.17, 15) is 4.39 Å². The minimum absolute atomic E-state index is 0.0186. The van der Waals surface area contributed by atoms with E-state index in [1.165, 1.54) is 17.2 Å². The molecule has 0 saturated heterocycles. The molecule has 2 aromatic carbocycles. The number of hydrogen-bond donors (Lipinski definition) is 1. The first-order valence-electron chi connectivity index (χ1n) is 10.2. The molecule has 2 aliphatic rings. The predicted octanol–water partition coefficient (Wildman–Crippen LogP) is 5.11. The molecule has 1 fully saturated rings. The Morgan fingerprint density at radius 1 is 0.964 bits per heavy atom. The van der Waals surface area contributed by atoms with Crippen molar-refractivity contribution in [2.24, 2.45) is 0 Å². The third kappa shape index (κ3) is 2.48. The second kappa shape index (κ2) is 6.43. The van der Waals surface area contributed by atoms with Crippen molar-refractivity contribution in [3.8, 4) is 0 Å². The molecule has 3 aromatic rings. The van der Waals surface area contributed by atoms with Crippen molar-refractivity contribution in [2.75, 3.05) is 20.7 Å². The fourth-order valence-electron chi connectivity index (χ4n) is 5.51. The van der Waals surface area contributed by atoms with E-state index in [1.54, 1.807) is 6.07 Å². The number of aromatic amines is 1. The minimum atomic E-state index is -0.326. The molecule has 0 unspecified atom stereocenters. The molecule has 0 amide bonds. The summed E-state index contributed by atoms with van der Waals surface area (Å²) in [7, 11) is 4.35. The van der Waals surface area contributed by atoms with Crippen molar-refractivity contribution in [3.05, 3.63) is 71.2 Å². The number of hydrogen-bond acceptors (Lipinski definition) is 2. The van der Waals surface area contributed by atoms with Crippen molar-refractivity contribution in [3.63, 3.8) is 0 Å². The highest BCUT2D eigenvalue weighted by atomic mass is 19.1. The highest BCUT2D eigenvalue weighted by molar-refractivity contribution is 5.85. The van der Waals surface area contributed by atoms with Crippen molar-refractivity contribution < 1.29 is 9.13 Å². The highest BCUT2D eigenvalue weighted by Gasteiger charge is 2.49. The zero-order chi connectivity index (χ0) is 19.4. The van der Waals surface area contributed by atoms with Crippen molar-refractivity contribution in [1.82, 2.24) is 9.88 Å². The fourth-order valence-corrected chi connectivity index (χ4v) is 5.51. The third-order valence-electron chi connectivity index (χ3n) is 7.13. The molecule has 1 aliphatic heterocycles. The van der Waals surface area contributed by atoms with Gasteiger partial charge in [0.2, 0.25) is 0 Å². The molecule has 2 heterocycles. The molecule has 1 aromatic heterocycles. The number of ether oxygens (including phenoxy) is 1. The molecule has 1 saturated carbocycles. The maximum Gasteiger partial charge on any atom is 0.147 e. The van der Waals surface area contributed by atoms with Gasteiger partial charge in [-0.1, -0.05) is 42.5 Å². The van der Waals surface area contributed by atoms with Gasteiger partial charge in [-0.25, -0.2) is 4.39 Å². The van der Waals surface area contributed by atoms with Crippen molar-refractivity contribution in [1.29, 1.82) is 0 Å². The zero-order valence-electron chi connectivity index (χ0n) is 16.6. The van der Waals surface area contributed by atoms with Crippen LogP contribution in [0.5, 0.6) is 0 Å². The quantitative estimate of drug-likeness (QED) is 0.671. The Hall–Kier alpha value is -2.17. The summed E-state index contributed by atoms with van der Waals surface area (Å²) in [6, 6.07) is 16.2. The number of fused-ring (bicyclic) bond motifs is 4. The molecule has 4 heteroatoms. The molecule has 1 spiro atoms. The fraction of sp³-hybridized carbons (Fsp3) is 0.417. The first-order chi connectivity index (χ1) is 13.6. The van der Waals surface area contributed by atoms with E-state index < -0.39 is 0 Å². The molecule has 1 aliphatic carbocycles. The topological polar surface area (TPSA) is 28.3 Å². The van der Waals surface area contributed by atoms with Crippen molar-refractivity contribution >= 4 is 10.9 Å². The van der Waals surface area contributed by atoms with Crippen LogP contribution >= 0.6 is 0 Å². The summed E-state index contributed by atoms with van der Waals surface area (Å²) in [6.07, 6.45) is 4.74. The van der Waals surface area contributed by atoms with Crippen LogP contribution in [0.2, 0.25) is 0 Å². The lowest BCUT2D eigenvalue weighted by Crippen LogP contribution is -2.50. The van der Waals surface area contributed by atoms with Gasteiger partial charge in [0.25, 0.3) is 0 Å². The summed E-state index contributed by atoms with van der Waals surface area (Å²) in [5, 5.41) is 1.02. The van der Waals surface area contributed by atoms with Crippen LogP contribution in [0, 0.1) is 5.82 Å². The Morgan fingerprint density at radius 3 is 2.43 bits per heavy atom. The van der Waals surface area contributed by atoms with Crippen LogP contribution in [0.15, 0.2) is 48.5 Å². The SMILES string of the molecule is CN(C)C1(c2ccccc2)CCC2(CC1)OCCc1c2[nH]c2c(F)cccc12. The van der Waals surface area contributed by atoms with Crippen LogP contribution in [-0.2, 0) is 22.3 Å². The van der Waals surface area contributed by atoms with Gasteiger partial charge in [0.1, 0.15) is 11.4 Å². The van der Waals surface area contributed by atoms with Gasteiger partial charge in [-0.05, 0) is 63.4 Å². The Balaban J connectivity index is 1.55. The largest absolute Gasteiger partial charge is 0.368 e. The molecule has 3 nitrogen and oxygen atoms in total. The van der Waals surface area contributed by atoms with Crippen molar-refractivity contribution in [2.45, 2.75) is 43.2 Å². The van der Waals surface area contributed by atoms with Crippen LogP contribution in [0.3, 0.4) is 0 Å². The number of H-pyrrole nitrogens is 1. The van der Waals surface area contributed by atoms with E-state index >= 15 is 0 Å². The number of benzene rings is 2. The van der Waals surface area contributed by atoms with E-state index in [0.717, 1.165) is 43.2 Å². The molecule has 1 N–H and O–H groups in total. The normalized spacial score (nSPS) is 27.4. The summed E-state index contributed by atoms with van der Waals surface area (Å²) in [5.41, 5.74) is 4.05. The summed E-state index contributed by atoms with van der Waals surface area (Å²) in [4.78, 5) is 5.79. The lowest BCUT2D eigenvalue weighted by molar-refractivity contribution is -0.113. The molecule has 0 atom stereocenters. The number of nitrogens with one attached hydrogen (secondary N) is 1. The maximum absolute atomic E-state index is 14.4. The van der Waals surface area contributed by atoms with Gasteiger partial charge in [0.15, 0.2) is 0 Å². The first-order valence-corrected chi connectivity index (χ1v) is 10.2. The second-order valence-corrected chi connectivity index (χ2v) is 8.53. The van der Waals surface area contributed by atoms with Gasteiger partial charge in [-0.15, -0.1) is 0 Å². The van der Waals surface area contributed by atoms with Gasteiger partial charge in [-0.3, -0.25) is 4.90 Å². The Morgan fingerprint density at radius 2 is 1.71 bits per heavy atom. The van der Waals surface area contributed by atoms with Gasteiger partial charge in [0, 0.05) is 10.9 Å². The van der Waals surface area contributed by atoms with Crippen LogP contribution in [0.1, 0.15) is 42.5 Å². The Labute approximate surface area is 165 Å². The highest BCUT2D eigenvalue weighted by Crippen LogP contribution is 2.52. The predicted molar refractivity (Wildman–Crippen MR) is 110 cm³/mol. The van der Waals surface area contributed by atoms with Crippen LogP contribution in [-0.4, -0.2) is 30.6 Å². The Bertz CT molecular complexity index is 1000. The van der Waals surface area contributed by atoms with Crippen LogP contribution < -0.4 is 0 Å². The van der Waals surface area contributed by atoms with E-state index in [1.807, 2.05) is 6.07 Å². The standard InChI is InChI=1S/C24H27FN2O/c1-27(2)23(17-7-4-3-5-8-17)12-14-24(15-13-23)22-19(11-16-28-24)18-9-6-10-20(25)21(18)26-22/h3-10,26H,11-16H2,1-2H3. The molecular weight excluding hydrogens is 351 g/mol. The Kier molecular flexibility index (Phi) is 4.11. The summed E-state index contributed by atoms with van der Waals surface area (Å²) in [5.74, 6) is -0.176. The summed E-state index contributed by atoms with van der Waals surface area (Å²) >= 11 is 0. The second-order valence-electron chi connectivity index (χ2n) is 8.53. The third-order valence-corrected chi connectivity index (χ3v) is 7.13. The van der Waals surface area contributed by atoms with E-state index in [4.69, 9.17) is 4.74 Å².